The van der Waals surface area contributed by atoms with Crippen LogP contribution in [0.5, 0.6) is 0 Å². The van der Waals surface area contributed by atoms with Crippen molar-refractivity contribution in [3.8, 4) is 0 Å². The maximum atomic E-state index is 12.7. The first-order valence-corrected chi connectivity index (χ1v) is 7.97. The summed E-state index contributed by atoms with van der Waals surface area (Å²) in [5, 5.41) is 0. The molecular formula is C12H19FO2Si. The molecule has 4 heteroatoms. The summed E-state index contributed by atoms with van der Waals surface area (Å²) < 4.78 is 23.5. The third-order valence-corrected chi connectivity index (χ3v) is 5.86. The molecule has 0 saturated heterocycles. The highest BCUT2D eigenvalue weighted by Crippen LogP contribution is 2.16. The van der Waals surface area contributed by atoms with Gasteiger partial charge in [0.1, 0.15) is 5.82 Å². The van der Waals surface area contributed by atoms with Gasteiger partial charge in [-0.3, -0.25) is 0 Å². The van der Waals surface area contributed by atoms with Crippen molar-refractivity contribution >= 4 is 8.56 Å². The zero-order chi connectivity index (χ0) is 12.0. The van der Waals surface area contributed by atoms with E-state index in [1.807, 2.05) is 12.1 Å². The van der Waals surface area contributed by atoms with Gasteiger partial charge in [0.25, 0.3) is 0 Å². The van der Waals surface area contributed by atoms with E-state index in [9.17, 15) is 4.39 Å². The van der Waals surface area contributed by atoms with Crippen molar-refractivity contribution in [2.24, 2.45) is 0 Å². The smallest absolute Gasteiger partial charge is 0.334 e. The Kier molecular flexibility index (Phi) is 5.11. The van der Waals surface area contributed by atoms with Crippen molar-refractivity contribution in [2.75, 3.05) is 14.2 Å². The Morgan fingerprint density at radius 1 is 1.12 bits per heavy atom. The number of halogens is 1. The van der Waals surface area contributed by atoms with Crippen molar-refractivity contribution in [1.82, 2.24) is 0 Å². The van der Waals surface area contributed by atoms with Gasteiger partial charge in [-0.2, -0.15) is 0 Å². The van der Waals surface area contributed by atoms with Gasteiger partial charge < -0.3 is 8.85 Å². The molecule has 0 saturated carbocycles. The van der Waals surface area contributed by atoms with Gasteiger partial charge in [-0.1, -0.05) is 12.1 Å². The van der Waals surface area contributed by atoms with Crippen LogP contribution in [0.2, 0.25) is 12.6 Å². The predicted molar refractivity (Wildman–Crippen MR) is 65.2 cm³/mol. The lowest BCUT2D eigenvalue weighted by molar-refractivity contribution is 0.248. The fraction of sp³-hybridized carbons (Fsp3) is 0.500. The largest absolute Gasteiger partial charge is 0.398 e. The molecule has 0 N–H and O–H groups in total. The predicted octanol–water partition coefficient (Wildman–Crippen LogP) is 3.12. The Balaban J connectivity index is 2.38. The molecule has 0 bridgehead atoms. The summed E-state index contributed by atoms with van der Waals surface area (Å²) in [6, 6.07) is 7.61. The summed E-state index contributed by atoms with van der Waals surface area (Å²) in [5.41, 5.74) is 1.16. The average Bonchev–Trinajstić information content (AvgIpc) is 2.31. The topological polar surface area (TPSA) is 18.5 Å². The van der Waals surface area contributed by atoms with E-state index < -0.39 is 8.56 Å². The first-order chi connectivity index (χ1) is 7.59. The van der Waals surface area contributed by atoms with Crippen molar-refractivity contribution in [3.63, 3.8) is 0 Å². The summed E-state index contributed by atoms with van der Waals surface area (Å²) in [6.45, 7) is 2.05. The summed E-state index contributed by atoms with van der Waals surface area (Å²) in [4.78, 5) is 0. The lowest BCUT2D eigenvalue weighted by Crippen LogP contribution is -2.35. The van der Waals surface area contributed by atoms with Crippen LogP contribution in [0, 0.1) is 5.82 Å². The molecule has 0 aliphatic carbocycles. The van der Waals surface area contributed by atoms with Gasteiger partial charge in [0, 0.05) is 14.2 Å². The summed E-state index contributed by atoms with van der Waals surface area (Å²) >= 11 is 0. The second-order valence-electron chi connectivity index (χ2n) is 4.02. The maximum Gasteiger partial charge on any atom is 0.334 e. The van der Waals surface area contributed by atoms with Crippen LogP contribution in [0.25, 0.3) is 0 Å². The van der Waals surface area contributed by atoms with Crippen molar-refractivity contribution < 1.29 is 13.2 Å². The molecule has 90 valence electrons. The summed E-state index contributed by atoms with van der Waals surface area (Å²) in [6.07, 6.45) is 1.95. The van der Waals surface area contributed by atoms with E-state index in [0.717, 1.165) is 24.4 Å². The monoisotopic (exact) mass is 242 g/mol. The fourth-order valence-corrected chi connectivity index (χ4v) is 2.95. The number of hydrogen-bond donors (Lipinski definition) is 0. The summed E-state index contributed by atoms with van der Waals surface area (Å²) in [5.74, 6) is -0.184. The Labute approximate surface area is 97.6 Å². The van der Waals surface area contributed by atoms with E-state index in [-0.39, 0.29) is 5.82 Å². The van der Waals surface area contributed by atoms with E-state index in [1.165, 1.54) is 12.1 Å². The van der Waals surface area contributed by atoms with E-state index in [1.54, 1.807) is 14.2 Å². The molecule has 0 aliphatic rings. The Hall–Kier alpha value is -0.713. The number of rotatable bonds is 6. The molecule has 0 unspecified atom stereocenters. The highest BCUT2D eigenvalue weighted by atomic mass is 28.4. The van der Waals surface area contributed by atoms with Gasteiger partial charge in [0.05, 0.1) is 0 Å². The molecule has 0 heterocycles. The van der Waals surface area contributed by atoms with Crippen LogP contribution in [0.4, 0.5) is 4.39 Å². The average molecular weight is 242 g/mol. The van der Waals surface area contributed by atoms with Gasteiger partial charge in [0.15, 0.2) is 0 Å². The molecule has 0 aliphatic heterocycles. The second kappa shape index (κ2) is 6.13. The SMILES string of the molecule is CO[Si](C)(CCCc1ccc(F)cc1)OC. The minimum Gasteiger partial charge on any atom is -0.398 e. The lowest BCUT2D eigenvalue weighted by Gasteiger charge is -2.22. The minimum atomic E-state index is -1.94. The van der Waals surface area contributed by atoms with Gasteiger partial charge in [0.2, 0.25) is 0 Å². The first kappa shape index (κ1) is 13.4. The third-order valence-electron chi connectivity index (χ3n) is 2.87. The number of aryl methyl sites for hydroxylation is 1. The Morgan fingerprint density at radius 3 is 2.19 bits per heavy atom. The van der Waals surface area contributed by atoms with Gasteiger partial charge in [-0.05, 0) is 43.1 Å². The van der Waals surface area contributed by atoms with E-state index >= 15 is 0 Å². The van der Waals surface area contributed by atoms with Crippen LogP contribution < -0.4 is 0 Å². The molecule has 1 aromatic carbocycles. The molecule has 1 aromatic rings. The normalized spacial score (nSPS) is 11.8. The van der Waals surface area contributed by atoms with Crippen molar-refractivity contribution in [3.05, 3.63) is 35.6 Å². The van der Waals surface area contributed by atoms with Crippen LogP contribution in [-0.2, 0) is 15.3 Å². The molecule has 0 atom stereocenters. The molecule has 0 fully saturated rings. The molecule has 16 heavy (non-hydrogen) atoms. The molecule has 1 rings (SSSR count). The van der Waals surface area contributed by atoms with Crippen LogP contribution >= 0.6 is 0 Å². The van der Waals surface area contributed by atoms with Gasteiger partial charge >= 0.3 is 8.56 Å². The van der Waals surface area contributed by atoms with Crippen LogP contribution in [0.1, 0.15) is 12.0 Å². The number of benzene rings is 1. The standard InChI is InChI=1S/C12H19FO2Si/c1-14-16(3,15-2)10-4-5-11-6-8-12(13)9-7-11/h6-9H,4-5,10H2,1-3H3. The quantitative estimate of drug-likeness (QED) is 0.714. The van der Waals surface area contributed by atoms with E-state index in [0.29, 0.717) is 0 Å². The Bertz CT molecular complexity index is 309. The minimum absolute atomic E-state index is 0.184. The molecule has 0 aromatic heterocycles. The molecule has 0 spiro atoms. The molecular weight excluding hydrogens is 223 g/mol. The summed E-state index contributed by atoms with van der Waals surface area (Å²) in [7, 11) is 1.47. The molecule has 0 radical (unpaired) electrons. The van der Waals surface area contributed by atoms with Gasteiger partial charge in [-0.15, -0.1) is 0 Å². The zero-order valence-electron chi connectivity index (χ0n) is 10.1. The molecule has 0 amide bonds. The first-order valence-electron chi connectivity index (χ1n) is 5.44. The third kappa shape index (κ3) is 4.04. The lowest BCUT2D eigenvalue weighted by atomic mass is 10.1. The highest BCUT2D eigenvalue weighted by Gasteiger charge is 2.27. The van der Waals surface area contributed by atoms with E-state index in [4.69, 9.17) is 8.85 Å². The fourth-order valence-electron chi connectivity index (χ4n) is 1.55. The highest BCUT2D eigenvalue weighted by molar-refractivity contribution is 6.65. The van der Waals surface area contributed by atoms with Crippen LogP contribution in [-0.4, -0.2) is 22.8 Å². The van der Waals surface area contributed by atoms with Crippen molar-refractivity contribution in [2.45, 2.75) is 25.4 Å². The second-order valence-corrected chi connectivity index (χ2v) is 7.61. The molecule has 2 nitrogen and oxygen atoms in total. The van der Waals surface area contributed by atoms with Crippen LogP contribution in [0.15, 0.2) is 24.3 Å². The van der Waals surface area contributed by atoms with Gasteiger partial charge in [-0.25, -0.2) is 4.39 Å². The van der Waals surface area contributed by atoms with E-state index in [2.05, 4.69) is 6.55 Å². The maximum absolute atomic E-state index is 12.7. The van der Waals surface area contributed by atoms with Crippen LogP contribution in [0.3, 0.4) is 0 Å². The Morgan fingerprint density at radius 2 is 1.69 bits per heavy atom. The van der Waals surface area contributed by atoms with Crippen molar-refractivity contribution in [1.29, 1.82) is 0 Å². The zero-order valence-corrected chi connectivity index (χ0v) is 11.1. The number of hydrogen-bond acceptors (Lipinski definition) is 2.